The van der Waals surface area contributed by atoms with Crippen LogP contribution < -0.4 is 15.4 Å². The molecule has 0 aliphatic carbocycles. The van der Waals surface area contributed by atoms with Gasteiger partial charge in [0.25, 0.3) is 5.91 Å². The lowest BCUT2D eigenvalue weighted by Crippen LogP contribution is -2.28. The van der Waals surface area contributed by atoms with Crippen LogP contribution in [0.2, 0.25) is 0 Å². The van der Waals surface area contributed by atoms with Crippen molar-refractivity contribution >= 4 is 29.3 Å². The highest BCUT2D eigenvalue weighted by molar-refractivity contribution is 7.99. The fraction of sp³-hybridized carbons (Fsp3) is 0.273. The van der Waals surface area contributed by atoms with E-state index >= 15 is 0 Å². The number of aromatic nitrogens is 3. The number of amides is 2. The van der Waals surface area contributed by atoms with E-state index in [9.17, 15) is 14.0 Å². The molecule has 0 aliphatic rings. The van der Waals surface area contributed by atoms with E-state index in [0.717, 1.165) is 0 Å². The molecule has 1 atom stereocenters. The summed E-state index contributed by atoms with van der Waals surface area (Å²) < 4.78 is 20.6. The lowest BCUT2D eigenvalue weighted by Gasteiger charge is -2.15. The standard InChI is InChI=1S/C22H24FN5O3S/c1-4-28-20(14(2)24-21(30)15-9-11-16(31-3)12-10-15)26-27-22(28)32-13-19(29)25-18-8-6-5-7-17(18)23/h5-12,14H,4,13H2,1-3H3,(H,24,30)(H,25,29)/t14-/m1/s1. The van der Waals surface area contributed by atoms with E-state index in [2.05, 4.69) is 20.8 Å². The molecule has 1 aromatic heterocycles. The van der Waals surface area contributed by atoms with Gasteiger partial charge >= 0.3 is 0 Å². The maximum absolute atomic E-state index is 13.7. The van der Waals surface area contributed by atoms with E-state index in [1.807, 2.05) is 18.4 Å². The van der Waals surface area contributed by atoms with E-state index in [1.54, 1.807) is 43.5 Å². The molecule has 3 rings (SSSR count). The Hall–Kier alpha value is -3.40. The van der Waals surface area contributed by atoms with E-state index in [-0.39, 0.29) is 23.3 Å². The second kappa shape index (κ2) is 10.8. The molecular formula is C22H24FN5O3S. The highest BCUT2D eigenvalue weighted by atomic mass is 32.2. The van der Waals surface area contributed by atoms with Crippen LogP contribution in [0.3, 0.4) is 0 Å². The van der Waals surface area contributed by atoms with Gasteiger partial charge in [-0.2, -0.15) is 0 Å². The summed E-state index contributed by atoms with van der Waals surface area (Å²) in [6, 6.07) is 12.4. The van der Waals surface area contributed by atoms with E-state index in [4.69, 9.17) is 4.74 Å². The van der Waals surface area contributed by atoms with Crippen LogP contribution in [0.1, 0.15) is 36.1 Å². The van der Waals surface area contributed by atoms with Gasteiger partial charge in [0, 0.05) is 12.1 Å². The zero-order valence-electron chi connectivity index (χ0n) is 18.0. The molecule has 0 unspecified atom stereocenters. The summed E-state index contributed by atoms with van der Waals surface area (Å²) in [4.78, 5) is 24.8. The minimum Gasteiger partial charge on any atom is -0.497 e. The first-order valence-electron chi connectivity index (χ1n) is 9.98. The highest BCUT2D eigenvalue weighted by Gasteiger charge is 2.20. The summed E-state index contributed by atoms with van der Waals surface area (Å²) in [5.74, 6) is 0.190. The number of carbonyl (C=O) groups excluding carboxylic acids is 2. The minimum absolute atomic E-state index is 0.0407. The summed E-state index contributed by atoms with van der Waals surface area (Å²) in [6.45, 7) is 4.30. The molecular weight excluding hydrogens is 433 g/mol. The second-order valence-corrected chi connectivity index (χ2v) is 7.77. The Morgan fingerprint density at radius 3 is 2.53 bits per heavy atom. The fourth-order valence-electron chi connectivity index (χ4n) is 2.99. The highest BCUT2D eigenvalue weighted by Crippen LogP contribution is 2.22. The first-order chi connectivity index (χ1) is 15.4. The summed E-state index contributed by atoms with van der Waals surface area (Å²) in [5, 5.41) is 14.4. The molecule has 0 fully saturated rings. The Bertz CT molecular complexity index is 1090. The Balaban J connectivity index is 1.62. The van der Waals surface area contributed by atoms with Crippen LogP contribution in [0, 0.1) is 5.82 Å². The van der Waals surface area contributed by atoms with Gasteiger partial charge in [-0.1, -0.05) is 23.9 Å². The molecule has 8 nitrogen and oxygen atoms in total. The van der Waals surface area contributed by atoms with Gasteiger partial charge in [-0.15, -0.1) is 10.2 Å². The quantitative estimate of drug-likeness (QED) is 0.476. The van der Waals surface area contributed by atoms with Crippen molar-refractivity contribution in [3.8, 4) is 5.75 Å². The van der Waals surface area contributed by atoms with Crippen LogP contribution in [-0.4, -0.2) is 39.4 Å². The van der Waals surface area contributed by atoms with Crippen molar-refractivity contribution in [2.45, 2.75) is 31.6 Å². The average molecular weight is 458 g/mol. The Kier molecular flexibility index (Phi) is 7.82. The summed E-state index contributed by atoms with van der Waals surface area (Å²) >= 11 is 1.19. The molecule has 168 valence electrons. The third-order valence-corrected chi connectivity index (χ3v) is 5.60. The van der Waals surface area contributed by atoms with Gasteiger partial charge in [0.05, 0.1) is 24.6 Å². The van der Waals surface area contributed by atoms with Gasteiger partial charge in [0.1, 0.15) is 11.6 Å². The lowest BCUT2D eigenvalue weighted by atomic mass is 10.2. The molecule has 2 N–H and O–H groups in total. The number of halogens is 1. The van der Waals surface area contributed by atoms with E-state index < -0.39 is 11.9 Å². The van der Waals surface area contributed by atoms with Crippen molar-refractivity contribution in [1.29, 1.82) is 0 Å². The number of hydrogen-bond acceptors (Lipinski definition) is 6. The summed E-state index contributed by atoms with van der Waals surface area (Å²) in [6.07, 6.45) is 0. The largest absolute Gasteiger partial charge is 0.497 e. The van der Waals surface area contributed by atoms with Crippen molar-refractivity contribution in [1.82, 2.24) is 20.1 Å². The van der Waals surface area contributed by atoms with Crippen LogP contribution in [-0.2, 0) is 11.3 Å². The van der Waals surface area contributed by atoms with Crippen molar-refractivity contribution in [2.24, 2.45) is 0 Å². The number of nitrogens with one attached hydrogen (secondary N) is 2. The average Bonchev–Trinajstić information content (AvgIpc) is 3.22. The lowest BCUT2D eigenvalue weighted by molar-refractivity contribution is -0.113. The zero-order chi connectivity index (χ0) is 23.1. The predicted octanol–water partition coefficient (Wildman–Crippen LogP) is 3.67. The molecule has 1 heterocycles. The molecule has 0 radical (unpaired) electrons. The maximum atomic E-state index is 13.7. The van der Waals surface area contributed by atoms with Crippen LogP contribution >= 0.6 is 11.8 Å². The summed E-state index contributed by atoms with van der Waals surface area (Å²) in [7, 11) is 1.56. The topological polar surface area (TPSA) is 98.1 Å². The van der Waals surface area contributed by atoms with Gasteiger partial charge in [-0.25, -0.2) is 4.39 Å². The van der Waals surface area contributed by atoms with Crippen molar-refractivity contribution < 1.29 is 18.7 Å². The van der Waals surface area contributed by atoms with Crippen molar-refractivity contribution in [3.63, 3.8) is 0 Å². The summed E-state index contributed by atoms with van der Waals surface area (Å²) in [5.41, 5.74) is 0.630. The van der Waals surface area contributed by atoms with Gasteiger partial charge in [0.15, 0.2) is 11.0 Å². The van der Waals surface area contributed by atoms with Crippen molar-refractivity contribution in [3.05, 3.63) is 65.7 Å². The first-order valence-corrected chi connectivity index (χ1v) is 11.0. The van der Waals surface area contributed by atoms with Gasteiger partial charge < -0.3 is 19.9 Å². The Morgan fingerprint density at radius 1 is 1.16 bits per heavy atom. The smallest absolute Gasteiger partial charge is 0.251 e. The molecule has 2 aromatic carbocycles. The van der Waals surface area contributed by atoms with E-state index in [1.165, 1.54) is 23.9 Å². The molecule has 10 heteroatoms. The van der Waals surface area contributed by atoms with E-state index in [0.29, 0.717) is 28.8 Å². The van der Waals surface area contributed by atoms with Crippen molar-refractivity contribution in [2.75, 3.05) is 18.2 Å². The third kappa shape index (κ3) is 5.64. The third-order valence-electron chi connectivity index (χ3n) is 4.63. The number of para-hydroxylation sites is 1. The number of benzene rings is 2. The number of ether oxygens (including phenoxy) is 1. The Morgan fingerprint density at radius 2 is 1.88 bits per heavy atom. The Labute approximate surface area is 189 Å². The van der Waals surface area contributed by atoms with Gasteiger partial charge in [-0.3, -0.25) is 9.59 Å². The number of carbonyl (C=O) groups is 2. The number of anilines is 1. The molecule has 0 saturated carbocycles. The SMILES string of the molecule is CCn1c(SCC(=O)Nc2ccccc2F)nnc1[C@@H](C)NC(=O)c1ccc(OC)cc1. The number of rotatable bonds is 9. The number of nitrogens with zero attached hydrogens (tertiary/aromatic N) is 3. The van der Waals surface area contributed by atoms with Crippen LogP contribution in [0.15, 0.2) is 53.7 Å². The van der Waals surface area contributed by atoms with Gasteiger partial charge in [-0.05, 0) is 50.2 Å². The molecule has 0 spiro atoms. The normalized spacial score (nSPS) is 11.6. The van der Waals surface area contributed by atoms with Crippen LogP contribution in [0.4, 0.5) is 10.1 Å². The second-order valence-electron chi connectivity index (χ2n) is 6.83. The molecule has 0 aliphatic heterocycles. The van der Waals surface area contributed by atoms with Gasteiger partial charge in [0.2, 0.25) is 5.91 Å². The maximum Gasteiger partial charge on any atom is 0.251 e. The molecule has 2 amide bonds. The zero-order valence-corrected chi connectivity index (χ0v) is 18.8. The number of hydrogen-bond donors (Lipinski definition) is 2. The number of methoxy groups -OCH3 is 1. The minimum atomic E-state index is -0.494. The number of thioether (sulfide) groups is 1. The predicted molar refractivity (Wildman–Crippen MR) is 120 cm³/mol. The molecule has 0 saturated heterocycles. The molecule has 3 aromatic rings. The monoisotopic (exact) mass is 457 g/mol. The molecule has 0 bridgehead atoms. The van der Waals surface area contributed by atoms with Crippen LogP contribution in [0.25, 0.3) is 0 Å². The fourth-order valence-corrected chi connectivity index (χ4v) is 3.80. The van der Waals surface area contributed by atoms with Crippen LogP contribution in [0.5, 0.6) is 5.75 Å². The first kappa shape index (κ1) is 23.3. The molecule has 32 heavy (non-hydrogen) atoms.